The van der Waals surface area contributed by atoms with Crippen molar-refractivity contribution in [3.05, 3.63) is 0 Å². The zero-order chi connectivity index (χ0) is 22.1. The Morgan fingerprint density at radius 2 is 1.55 bits per heavy atom. The Hall–Kier alpha value is -1.86. The van der Waals surface area contributed by atoms with Crippen LogP contribution in [0.1, 0.15) is 54.9 Å². The second kappa shape index (κ2) is 10.8. The molecule has 1 aromatic rings. The van der Waals surface area contributed by atoms with Crippen molar-refractivity contribution >= 4 is 32.9 Å². The molecule has 0 bridgehead atoms. The highest BCUT2D eigenvalue weighted by atomic mass is 28.4. The molecule has 0 aromatic carbocycles. The molecule has 11 nitrogen and oxygen atoms in total. The SMILES string of the molecule is C/C=N/Nc1nc(NN)nc(NCCC[Si](OC)(OC(C)(C)C)OC(C)(C)C)n1. The van der Waals surface area contributed by atoms with Crippen molar-refractivity contribution in [2.24, 2.45) is 10.9 Å². The molecule has 0 saturated heterocycles. The summed E-state index contributed by atoms with van der Waals surface area (Å²) in [6, 6.07) is 0.642. The zero-order valence-electron chi connectivity index (χ0n) is 18.8. The molecule has 0 aliphatic heterocycles. The van der Waals surface area contributed by atoms with Gasteiger partial charge in [-0.2, -0.15) is 20.1 Å². The standard InChI is InChI=1S/C17H36N8O3Si/c1-9-20-25-15-22-13(21-14(23-15)24-18)19-11-10-12-29(26-8,27-16(2,3)4)28-17(5,6)7/h9H,10-12,18H2,1-8H3,(H3,19,21,22,23,24,25)/b20-9+. The summed E-state index contributed by atoms with van der Waals surface area (Å²) in [5, 5.41) is 7.06. The van der Waals surface area contributed by atoms with Crippen molar-refractivity contribution in [1.82, 2.24) is 15.0 Å². The largest absolute Gasteiger partial charge is 0.501 e. The maximum atomic E-state index is 6.28. The molecular formula is C17H36N8O3Si. The Kier molecular flexibility index (Phi) is 9.36. The van der Waals surface area contributed by atoms with E-state index in [1.54, 1.807) is 20.2 Å². The second-order valence-electron chi connectivity index (χ2n) is 8.30. The first kappa shape index (κ1) is 25.2. The number of hydrazine groups is 1. The van der Waals surface area contributed by atoms with E-state index in [-0.39, 0.29) is 23.1 Å². The fourth-order valence-corrected chi connectivity index (χ4v) is 5.53. The lowest BCUT2D eigenvalue weighted by atomic mass is 10.2. The number of aromatic nitrogens is 3. The maximum Gasteiger partial charge on any atom is 0.501 e. The predicted molar refractivity (Wildman–Crippen MR) is 118 cm³/mol. The Balaban J connectivity index is 2.79. The molecule has 0 saturated carbocycles. The molecule has 0 spiro atoms. The van der Waals surface area contributed by atoms with Crippen molar-refractivity contribution in [1.29, 1.82) is 0 Å². The van der Waals surface area contributed by atoms with Gasteiger partial charge in [-0.15, -0.1) is 0 Å². The molecule has 0 amide bonds. The van der Waals surface area contributed by atoms with Crippen LogP contribution in [0.15, 0.2) is 5.10 Å². The molecule has 1 aromatic heterocycles. The van der Waals surface area contributed by atoms with Crippen LogP contribution >= 0.6 is 0 Å². The Morgan fingerprint density at radius 3 is 2.03 bits per heavy atom. The zero-order valence-corrected chi connectivity index (χ0v) is 19.8. The van der Waals surface area contributed by atoms with E-state index in [1.165, 1.54) is 0 Å². The van der Waals surface area contributed by atoms with Crippen LogP contribution in [0.25, 0.3) is 0 Å². The summed E-state index contributed by atoms with van der Waals surface area (Å²) in [7, 11) is -1.23. The van der Waals surface area contributed by atoms with Crippen molar-refractivity contribution < 1.29 is 13.3 Å². The molecule has 0 fully saturated rings. The van der Waals surface area contributed by atoms with E-state index in [9.17, 15) is 0 Å². The number of hydrazone groups is 1. The van der Waals surface area contributed by atoms with E-state index in [0.717, 1.165) is 6.42 Å². The fourth-order valence-electron chi connectivity index (χ4n) is 2.44. The Labute approximate surface area is 174 Å². The van der Waals surface area contributed by atoms with Gasteiger partial charge in [0, 0.05) is 25.9 Å². The van der Waals surface area contributed by atoms with Crippen molar-refractivity contribution in [2.75, 3.05) is 29.8 Å². The molecular weight excluding hydrogens is 392 g/mol. The quantitative estimate of drug-likeness (QED) is 0.137. The molecule has 166 valence electrons. The van der Waals surface area contributed by atoms with Crippen LogP contribution in [0.5, 0.6) is 0 Å². The van der Waals surface area contributed by atoms with Crippen molar-refractivity contribution in [3.8, 4) is 0 Å². The van der Waals surface area contributed by atoms with E-state index < -0.39 is 8.80 Å². The minimum Gasteiger partial charge on any atom is -0.377 e. The molecule has 1 heterocycles. The second-order valence-corrected chi connectivity index (χ2v) is 11.0. The highest BCUT2D eigenvalue weighted by molar-refractivity contribution is 6.60. The third kappa shape index (κ3) is 9.94. The van der Waals surface area contributed by atoms with E-state index in [4.69, 9.17) is 19.1 Å². The van der Waals surface area contributed by atoms with Crippen LogP contribution in [-0.2, 0) is 13.3 Å². The summed E-state index contributed by atoms with van der Waals surface area (Å²) in [5.41, 5.74) is 4.36. The van der Waals surface area contributed by atoms with Crippen molar-refractivity contribution in [3.63, 3.8) is 0 Å². The third-order valence-electron chi connectivity index (χ3n) is 3.24. The summed E-state index contributed by atoms with van der Waals surface area (Å²) >= 11 is 0. The molecule has 0 aliphatic carbocycles. The first-order valence-corrected chi connectivity index (χ1v) is 11.5. The van der Waals surface area contributed by atoms with E-state index in [2.05, 4.69) is 36.2 Å². The average molecular weight is 429 g/mol. The Bertz CT molecular complexity index is 645. The first-order chi connectivity index (χ1) is 13.4. The summed E-state index contributed by atoms with van der Waals surface area (Å²) in [5.74, 6) is 6.30. The molecule has 0 aliphatic rings. The number of rotatable bonds is 11. The van der Waals surface area contributed by atoms with Gasteiger partial charge in [0.25, 0.3) is 0 Å². The molecule has 1 rings (SSSR count). The van der Waals surface area contributed by atoms with Gasteiger partial charge in [0.1, 0.15) is 0 Å². The molecule has 29 heavy (non-hydrogen) atoms. The highest BCUT2D eigenvalue weighted by Crippen LogP contribution is 2.28. The number of nitrogens with one attached hydrogen (secondary N) is 3. The van der Waals surface area contributed by atoms with Crippen LogP contribution in [0.4, 0.5) is 17.8 Å². The van der Waals surface area contributed by atoms with Gasteiger partial charge in [-0.05, 0) is 54.9 Å². The van der Waals surface area contributed by atoms with Crippen LogP contribution < -0.4 is 22.0 Å². The van der Waals surface area contributed by atoms with E-state index in [0.29, 0.717) is 18.5 Å². The molecule has 0 unspecified atom stereocenters. The lowest BCUT2D eigenvalue weighted by Crippen LogP contribution is -2.53. The number of hydrogen-bond donors (Lipinski definition) is 4. The van der Waals surface area contributed by atoms with Crippen LogP contribution in [0, 0.1) is 0 Å². The number of nitrogens with two attached hydrogens (primary N) is 1. The normalized spacial score (nSPS) is 13.0. The predicted octanol–water partition coefficient (Wildman–Crippen LogP) is 2.59. The highest BCUT2D eigenvalue weighted by Gasteiger charge is 2.46. The summed E-state index contributed by atoms with van der Waals surface area (Å²) in [4.78, 5) is 12.5. The van der Waals surface area contributed by atoms with Gasteiger partial charge in [-0.25, -0.2) is 11.3 Å². The first-order valence-electron chi connectivity index (χ1n) is 9.58. The van der Waals surface area contributed by atoms with Gasteiger partial charge in [-0.1, -0.05) is 0 Å². The van der Waals surface area contributed by atoms with Crippen molar-refractivity contribution in [2.45, 2.75) is 72.1 Å². The average Bonchev–Trinajstić information content (AvgIpc) is 2.60. The third-order valence-corrected chi connectivity index (χ3v) is 6.67. The van der Waals surface area contributed by atoms with Gasteiger partial charge in [-0.3, -0.25) is 5.43 Å². The van der Waals surface area contributed by atoms with Crippen LogP contribution in [0.2, 0.25) is 6.04 Å². The smallest absolute Gasteiger partial charge is 0.377 e. The minimum absolute atomic E-state index is 0.226. The van der Waals surface area contributed by atoms with Gasteiger partial charge in [0.2, 0.25) is 17.8 Å². The minimum atomic E-state index is -2.88. The molecule has 5 N–H and O–H groups in total. The summed E-state index contributed by atoms with van der Waals surface area (Å²) < 4.78 is 18.4. The topological polar surface area (TPSA) is 141 Å². The fraction of sp³-hybridized carbons (Fsp3) is 0.765. The van der Waals surface area contributed by atoms with Gasteiger partial charge in [0.05, 0.1) is 11.2 Å². The maximum absolute atomic E-state index is 6.28. The van der Waals surface area contributed by atoms with Gasteiger partial charge >= 0.3 is 8.80 Å². The van der Waals surface area contributed by atoms with E-state index >= 15 is 0 Å². The van der Waals surface area contributed by atoms with Crippen LogP contribution in [0.3, 0.4) is 0 Å². The molecule has 0 radical (unpaired) electrons. The summed E-state index contributed by atoms with van der Waals surface area (Å²) in [6.45, 7) is 14.4. The van der Waals surface area contributed by atoms with Crippen LogP contribution in [-0.4, -0.2) is 54.8 Å². The molecule has 12 heteroatoms. The van der Waals surface area contributed by atoms with Gasteiger partial charge < -0.3 is 18.6 Å². The summed E-state index contributed by atoms with van der Waals surface area (Å²) in [6.07, 6.45) is 2.32. The van der Waals surface area contributed by atoms with E-state index in [1.807, 2.05) is 41.5 Å². The monoisotopic (exact) mass is 428 g/mol. The number of anilines is 3. The molecule has 0 atom stereocenters. The van der Waals surface area contributed by atoms with Gasteiger partial charge in [0.15, 0.2) is 0 Å². The number of hydrogen-bond acceptors (Lipinski definition) is 11. The number of nitrogen functional groups attached to an aromatic ring is 1. The number of nitrogens with zero attached hydrogens (tertiary/aromatic N) is 4. The lowest BCUT2D eigenvalue weighted by Gasteiger charge is -2.39. The Morgan fingerprint density at radius 1 is 1.00 bits per heavy atom. The lowest BCUT2D eigenvalue weighted by molar-refractivity contribution is -0.0364.